The maximum atomic E-state index is 12.6. The molecular weight excluding hydrogens is 348 g/mol. The highest BCUT2D eigenvalue weighted by molar-refractivity contribution is 9.10. The Hall–Kier alpha value is -1.12. The molecule has 6 nitrogen and oxygen atoms in total. The van der Waals surface area contributed by atoms with Crippen molar-refractivity contribution in [2.24, 2.45) is 0 Å². The van der Waals surface area contributed by atoms with E-state index >= 15 is 0 Å². The standard InChI is InChI=1S/C12H15BrN2O4S/c13-8-4-5-11(9(14)7-8)20(18,19)15-6-2-1-3-10(15)12(16)17/h4-5,7,10H,1-3,6,14H2,(H,16,17). The number of sulfonamides is 1. The van der Waals surface area contributed by atoms with Gasteiger partial charge in [0.2, 0.25) is 10.0 Å². The van der Waals surface area contributed by atoms with Crippen LogP contribution in [-0.2, 0) is 14.8 Å². The number of nitrogens with two attached hydrogens (primary N) is 1. The van der Waals surface area contributed by atoms with Crippen LogP contribution in [0.15, 0.2) is 27.6 Å². The molecule has 0 bridgehead atoms. The predicted molar refractivity (Wildman–Crippen MR) is 77.7 cm³/mol. The van der Waals surface area contributed by atoms with Crippen LogP contribution in [-0.4, -0.2) is 36.4 Å². The SMILES string of the molecule is Nc1cc(Br)ccc1S(=O)(=O)N1CCCCC1C(=O)O. The summed E-state index contributed by atoms with van der Waals surface area (Å²) in [6.07, 6.45) is 1.68. The summed E-state index contributed by atoms with van der Waals surface area (Å²) < 4.78 is 26.9. The molecular formula is C12H15BrN2O4S. The first-order chi connectivity index (χ1) is 9.34. The third kappa shape index (κ3) is 2.82. The van der Waals surface area contributed by atoms with Crippen molar-refractivity contribution >= 4 is 37.6 Å². The number of hydrogen-bond acceptors (Lipinski definition) is 4. The maximum Gasteiger partial charge on any atom is 0.322 e. The molecule has 2 rings (SSSR count). The van der Waals surface area contributed by atoms with Crippen molar-refractivity contribution in [1.82, 2.24) is 4.31 Å². The van der Waals surface area contributed by atoms with Crippen molar-refractivity contribution in [3.05, 3.63) is 22.7 Å². The fraction of sp³-hybridized carbons (Fsp3) is 0.417. The summed E-state index contributed by atoms with van der Waals surface area (Å²) in [6, 6.07) is 3.44. The zero-order chi connectivity index (χ0) is 14.9. The molecule has 1 aliphatic heterocycles. The molecule has 110 valence electrons. The molecule has 1 heterocycles. The Labute approximate surface area is 125 Å². The highest BCUT2D eigenvalue weighted by Gasteiger charge is 2.38. The molecule has 1 unspecified atom stereocenters. The van der Waals surface area contributed by atoms with Gasteiger partial charge in [0, 0.05) is 11.0 Å². The molecule has 1 aromatic rings. The monoisotopic (exact) mass is 362 g/mol. The van der Waals surface area contributed by atoms with Gasteiger partial charge in [0.05, 0.1) is 5.69 Å². The third-order valence-corrected chi connectivity index (χ3v) is 5.77. The van der Waals surface area contributed by atoms with E-state index in [0.717, 1.165) is 4.31 Å². The average Bonchev–Trinajstić information content (AvgIpc) is 2.38. The maximum absolute atomic E-state index is 12.6. The Balaban J connectivity index is 2.45. The highest BCUT2D eigenvalue weighted by atomic mass is 79.9. The van der Waals surface area contributed by atoms with Crippen LogP contribution in [0.4, 0.5) is 5.69 Å². The molecule has 0 aromatic heterocycles. The minimum Gasteiger partial charge on any atom is -0.480 e. The number of nitrogen functional groups attached to an aromatic ring is 1. The molecule has 0 saturated carbocycles. The predicted octanol–water partition coefficient (Wildman–Crippen LogP) is 1.66. The average molecular weight is 363 g/mol. The number of anilines is 1. The lowest BCUT2D eigenvalue weighted by atomic mass is 10.1. The molecule has 20 heavy (non-hydrogen) atoms. The molecule has 8 heteroatoms. The summed E-state index contributed by atoms with van der Waals surface area (Å²) >= 11 is 3.21. The van der Waals surface area contributed by atoms with Crippen molar-refractivity contribution in [3.8, 4) is 0 Å². The second-order valence-corrected chi connectivity index (χ2v) is 7.42. The van der Waals surface area contributed by atoms with Crippen LogP contribution in [0.3, 0.4) is 0 Å². The Morgan fingerprint density at radius 2 is 2.10 bits per heavy atom. The quantitative estimate of drug-likeness (QED) is 0.796. The van der Waals surface area contributed by atoms with E-state index in [4.69, 9.17) is 5.73 Å². The van der Waals surface area contributed by atoms with E-state index in [0.29, 0.717) is 23.7 Å². The zero-order valence-electron chi connectivity index (χ0n) is 10.6. The minimum atomic E-state index is -3.90. The van der Waals surface area contributed by atoms with Crippen LogP contribution in [0.1, 0.15) is 19.3 Å². The number of carboxylic acids is 1. The van der Waals surface area contributed by atoms with Crippen molar-refractivity contribution in [2.75, 3.05) is 12.3 Å². The van der Waals surface area contributed by atoms with E-state index < -0.39 is 22.0 Å². The van der Waals surface area contributed by atoms with Crippen molar-refractivity contribution < 1.29 is 18.3 Å². The smallest absolute Gasteiger partial charge is 0.322 e. The molecule has 1 atom stereocenters. The first kappa shape index (κ1) is 15.3. The topological polar surface area (TPSA) is 101 Å². The molecule has 1 saturated heterocycles. The highest BCUT2D eigenvalue weighted by Crippen LogP contribution is 2.30. The van der Waals surface area contributed by atoms with Gasteiger partial charge in [-0.3, -0.25) is 4.79 Å². The lowest BCUT2D eigenvalue weighted by Gasteiger charge is -2.32. The van der Waals surface area contributed by atoms with Gasteiger partial charge in [-0.25, -0.2) is 8.42 Å². The molecule has 1 aromatic carbocycles. The Morgan fingerprint density at radius 1 is 1.40 bits per heavy atom. The first-order valence-electron chi connectivity index (χ1n) is 6.13. The van der Waals surface area contributed by atoms with Gasteiger partial charge in [-0.15, -0.1) is 0 Å². The van der Waals surface area contributed by atoms with Gasteiger partial charge in [-0.05, 0) is 37.5 Å². The Kier molecular flexibility index (Phi) is 4.36. The molecule has 0 radical (unpaired) electrons. The van der Waals surface area contributed by atoms with Gasteiger partial charge in [-0.1, -0.05) is 15.9 Å². The van der Waals surface area contributed by atoms with Crippen LogP contribution in [0.5, 0.6) is 0 Å². The molecule has 0 amide bonds. The summed E-state index contributed by atoms with van der Waals surface area (Å²) in [7, 11) is -3.90. The van der Waals surface area contributed by atoms with Crippen LogP contribution in [0.25, 0.3) is 0 Å². The van der Waals surface area contributed by atoms with Crippen molar-refractivity contribution in [1.29, 1.82) is 0 Å². The number of benzene rings is 1. The van der Waals surface area contributed by atoms with Crippen molar-refractivity contribution in [3.63, 3.8) is 0 Å². The summed E-state index contributed by atoms with van der Waals surface area (Å²) in [5.74, 6) is -1.12. The Bertz CT molecular complexity index is 632. The van der Waals surface area contributed by atoms with Gasteiger partial charge in [0.1, 0.15) is 10.9 Å². The first-order valence-corrected chi connectivity index (χ1v) is 8.37. The van der Waals surface area contributed by atoms with E-state index in [2.05, 4.69) is 15.9 Å². The van der Waals surface area contributed by atoms with Gasteiger partial charge in [0.15, 0.2) is 0 Å². The van der Waals surface area contributed by atoms with E-state index in [-0.39, 0.29) is 17.1 Å². The molecule has 1 fully saturated rings. The molecule has 0 spiro atoms. The van der Waals surface area contributed by atoms with Gasteiger partial charge in [0.25, 0.3) is 0 Å². The molecule has 0 aliphatic carbocycles. The van der Waals surface area contributed by atoms with E-state index in [9.17, 15) is 18.3 Å². The second-order valence-electron chi connectivity index (χ2n) is 4.65. The fourth-order valence-electron chi connectivity index (χ4n) is 2.32. The minimum absolute atomic E-state index is 0.0474. The number of halogens is 1. The van der Waals surface area contributed by atoms with Gasteiger partial charge in [-0.2, -0.15) is 4.31 Å². The van der Waals surface area contributed by atoms with Crippen LogP contribution >= 0.6 is 15.9 Å². The number of aliphatic carboxylic acids is 1. The summed E-state index contributed by atoms with van der Waals surface area (Å²) in [5.41, 5.74) is 5.86. The van der Waals surface area contributed by atoms with Crippen LogP contribution in [0, 0.1) is 0 Å². The number of carbonyl (C=O) groups is 1. The lowest BCUT2D eigenvalue weighted by molar-refractivity contribution is -0.142. The molecule has 1 aliphatic rings. The largest absolute Gasteiger partial charge is 0.480 e. The Morgan fingerprint density at radius 3 is 2.70 bits per heavy atom. The van der Waals surface area contributed by atoms with E-state index in [1.165, 1.54) is 12.1 Å². The molecule has 3 N–H and O–H groups in total. The summed E-state index contributed by atoms with van der Waals surface area (Å²) in [6.45, 7) is 0.203. The lowest BCUT2D eigenvalue weighted by Crippen LogP contribution is -2.47. The summed E-state index contributed by atoms with van der Waals surface area (Å²) in [5, 5.41) is 9.19. The fourth-order valence-corrected chi connectivity index (χ4v) is 4.45. The van der Waals surface area contributed by atoms with Crippen LogP contribution < -0.4 is 5.73 Å². The summed E-state index contributed by atoms with van der Waals surface area (Å²) in [4.78, 5) is 11.2. The van der Waals surface area contributed by atoms with Crippen molar-refractivity contribution in [2.45, 2.75) is 30.2 Å². The van der Waals surface area contributed by atoms with E-state index in [1.54, 1.807) is 6.07 Å². The number of carboxylic acid groups (broad SMARTS) is 1. The number of nitrogens with zero attached hydrogens (tertiary/aromatic N) is 1. The number of hydrogen-bond donors (Lipinski definition) is 2. The van der Waals surface area contributed by atoms with E-state index in [1.807, 2.05) is 0 Å². The van der Waals surface area contributed by atoms with Crippen LogP contribution in [0.2, 0.25) is 0 Å². The number of piperidine rings is 1. The van der Waals surface area contributed by atoms with Gasteiger partial charge >= 0.3 is 5.97 Å². The normalized spacial score (nSPS) is 20.8. The second kappa shape index (κ2) is 5.71. The zero-order valence-corrected chi connectivity index (χ0v) is 13.0. The third-order valence-electron chi connectivity index (χ3n) is 3.30. The van der Waals surface area contributed by atoms with Gasteiger partial charge < -0.3 is 10.8 Å². The number of rotatable bonds is 3.